The molecule has 0 saturated carbocycles. The van der Waals surface area contributed by atoms with Crippen LogP contribution in [0.2, 0.25) is 0 Å². The SMILES string of the molecule is Cc1ccc(NC(=O)CSc2nc(-c3ccccc3)nc3c2c(=O)n(C)c(=O)n3C)cc1. The van der Waals surface area contributed by atoms with Gasteiger partial charge in [0.25, 0.3) is 5.56 Å². The number of thioether (sulfide) groups is 1. The second-order valence-electron chi connectivity index (χ2n) is 7.33. The molecule has 0 atom stereocenters. The number of fused-ring (bicyclic) bond motifs is 1. The van der Waals surface area contributed by atoms with E-state index in [0.717, 1.165) is 27.5 Å². The molecule has 0 fully saturated rings. The number of hydrogen-bond acceptors (Lipinski definition) is 6. The van der Waals surface area contributed by atoms with Crippen molar-refractivity contribution < 1.29 is 4.79 Å². The van der Waals surface area contributed by atoms with Crippen molar-refractivity contribution in [3.05, 3.63) is 81.0 Å². The maximum absolute atomic E-state index is 12.9. The first-order valence-electron chi connectivity index (χ1n) is 9.87. The number of benzene rings is 2. The molecule has 0 bridgehead atoms. The van der Waals surface area contributed by atoms with Gasteiger partial charge < -0.3 is 5.32 Å². The van der Waals surface area contributed by atoms with E-state index in [-0.39, 0.29) is 22.7 Å². The van der Waals surface area contributed by atoms with Gasteiger partial charge in [-0.3, -0.25) is 18.7 Å². The van der Waals surface area contributed by atoms with Crippen LogP contribution in [0.25, 0.3) is 22.4 Å². The van der Waals surface area contributed by atoms with Gasteiger partial charge >= 0.3 is 5.69 Å². The molecule has 0 radical (unpaired) electrons. The molecule has 1 amide bonds. The van der Waals surface area contributed by atoms with Crippen molar-refractivity contribution >= 4 is 34.4 Å². The minimum absolute atomic E-state index is 0.0419. The summed E-state index contributed by atoms with van der Waals surface area (Å²) in [6, 6.07) is 16.8. The number of rotatable bonds is 5. The monoisotopic (exact) mass is 447 g/mol. The molecular formula is C23H21N5O3S. The number of aromatic nitrogens is 4. The third-order valence-corrected chi connectivity index (χ3v) is 5.95. The highest BCUT2D eigenvalue weighted by Crippen LogP contribution is 2.26. The van der Waals surface area contributed by atoms with Crippen LogP contribution in [-0.4, -0.2) is 30.8 Å². The summed E-state index contributed by atoms with van der Waals surface area (Å²) in [5.41, 5.74) is 1.79. The lowest BCUT2D eigenvalue weighted by Gasteiger charge is -2.12. The van der Waals surface area contributed by atoms with Crippen molar-refractivity contribution in [2.24, 2.45) is 14.1 Å². The summed E-state index contributed by atoms with van der Waals surface area (Å²) in [6.07, 6.45) is 0. The van der Waals surface area contributed by atoms with Gasteiger partial charge in [0.05, 0.1) is 5.75 Å². The third-order valence-electron chi connectivity index (χ3n) is 4.97. The lowest BCUT2D eigenvalue weighted by molar-refractivity contribution is -0.113. The number of amides is 1. The van der Waals surface area contributed by atoms with Crippen molar-refractivity contribution in [1.29, 1.82) is 0 Å². The number of aryl methyl sites for hydroxylation is 2. The molecule has 4 aromatic rings. The molecule has 2 heterocycles. The lowest BCUT2D eigenvalue weighted by atomic mass is 10.2. The molecule has 0 unspecified atom stereocenters. The van der Waals surface area contributed by atoms with Crippen LogP contribution in [0.15, 0.2) is 69.2 Å². The van der Waals surface area contributed by atoms with Crippen LogP contribution in [-0.2, 0) is 18.9 Å². The molecule has 9 heteroatoms. The molecule has 4 rings (SSSR count). The fraction of sp³-hybridized carbons (Fsp3) is 0.174. The van der Waals surface area contributed by atoms with E-state index >= 15 is 0 Å². The molecule has 32 heavy (non-hydrogen) atoms. The van der Waals surface area contributed by atoms with Crippen LogP contribution in [0.3, 0.4) is 0 Å². The Balaban J connectivity index is 1.75. The summed E-state index contributed by atoms with van der Waals surface area (Å²) in [5, 5.41) is 3.40. The maximum Gasteiger partial charge on any atom is 0.332 e. The molecule has 2 aromatic carbocycles. The Kier molecular flexibility index (Phi) is 5.91. The van der Waals surface area contributed by atoms with Gasteiger partial charge in [-0.05, 0) is 19.1 Å². The van der Waals surface area contributed by atoms with Crippen LogP contribution in [0.5, 0.6) is 0 Å². The molecule has 0 spiro atoms. The number of nitrogens with one attached hydrogen (secondary N) is 1. The normalized spacial score (nSPS) is 11.0. The number of anilines is 1. The second kappa shape index (κ2) is 8.80. The predicted molar refractivity (Wildman–Crippen MR) is 126 cm³/mol. The van der Waals surface area contributed by atoms with Crippen molar-refractivity contribution in [2.45, 2.75) is 11.9 Å². The Morgan fingerprint density at radius 1 is 0.969 bits per heavy atom. The van der Waals surface area contributed by atoms with Gasteiger partial charge in [0.2, 0.25) is 5.91 Å². The standard InChI is InChI=1S/C23H21N5O3S/c1-14-9-11-16(12-10-14)24-17(29)13-32-21-18-20(27(2)23(31)28(3)22(18)30)25-19(26-21)15-7-5-4-6-8-15/h4-12H,13H2,1-3H3,(H,24,29). The fourth-order valence-corrected chi connectivity index (χ4v) is 4.03. The highest BCUT2D eigenvalue weighted by Gasteiger charge is 2.19. The summed E-state index contributed by atoms with van der Waals surface area (Å²) in [4.78, 5) is 46.9. The summed E-state index contributed by atoms with van der Waals surface area (Å²) in [5.74, 6) is 0.191. The second-order valence-corrected chi connectivity index (χ2v) is 8.29. The van der Waals surface area contributed by atoms with Crippen LogP contribution < -0.4 is 16.6 Å². The highest BCUT2D eigenvalue weighted by molar-refractivity contribution is 8.00. The third kappa shape index (κ3) is 4.19. The average Bonchev–Trinajstić information content (AvgIpc) is 2.81. The number of nitrogens with zero attached hydrogens (tertiary/aromatic N) is 4. The number of hydrogen-bond donors (Lipinski definition) is 1. The first-order valence-corrected chi connectivity index (χ1v) is 10.9. The smallest absolute Gasteiger partial charge is 0.325 e. The van der Waals surface area contributed by atoms with Crippen LogP contribution >= 0.6 is 11.8 Å². The largest absolute Gasteiger partial charge is 0.332 e. The zero-order valence-electron chi connectivity index (χ0n) is 17.8. The van der Waals surface area contributed by atoms with Crippen molar-refractivity contribution in [1.82, 2.24) is 19.1 Å². The molecule has 2 aromatic heterocycles. The molecule has 162 valence electrons. The first-order chi connectivity index (χ1) is 15.3. The minimum Gasteiger partial charge on any atom is -0.325 e. The molecule has 8 nitrogen and oxygen atoms in total. The van der Waals surface area contributed by atoms with Crippen LogP contribution in [0.4, 0.5) is 5.69 Å². The van der Waals surface area contributed by atoms with Crippen molar-refractivity contribution in [3.63, 3.8) is 0 Å². The molecule has 0 saturated heterocycles. The zero-order valence-corrected chi connectivity index (χ0v) is 18.6. The van der Waals surface area contributed by atoms with Gasteiger partial charge in [-0.25, -0.2) is 14.8 Å². The van der Waals surface area contributed by atoms with E-state index in [2.05, 4.69) is 15.3 Å². The van der Waals surface area contributed by atoms with Gasteiger partial charge in [0.15, 0.2) is 11.5 Å². The van der Waals surface area contributed by atoms with E-state index in [1.54, 1.807) is 7.05 Å². The topological polar surface area (TPSA) is 98.9 Å². The molecule has 0 aliphatic heterocycles. The van der Waals surface area contributed by atoms with Gasteiger partial charge in [-0.15, -0.1) is 0 Å². The molecule has 0 aliphatic rings. The van der Waals surface area contributed by atoms with Crippen molar-refractivity contribution in [2.75, 3.05) is 11.1 Å². The van der Waals surface area contributed by atoms with E-state index in [4.69, 9.17) is 0 Å². The average molecular weight is 448 g/mol. The van der Waals surface area contributed by atoms with Crippen molar-refractivity contribution in [3.8, 4) is 11.4 Å². The molecular weight excluding hydrogens is 426 g/mol. The Morgan fingerprint density at radius 3 is 2.34 bits per heavy atom. The van der Waals surface area contributed by atoms with E-state index < -0.39 is 11.2 Å². The van der Waals surface area contributed by atoms with E-state index in [1.165, 1.54) is 11.6 Å². The van der Waals surface area contributed by atoms with Gasteiger partial charge in [-0.2, -0.15) is 0 Å². The van der Waals surface area contributed by atoms with E-state index in [0.29, 0.717) is 16.5 Å². The summed E-state index contributed by atoms with van der Waals surface area (Å²) >= 11 is 1.13. The zero-order chi connectivity index (χ0) is 22.8. The Morgan fingerprint density at radius 2 is 1.66 bits per heavy atom. The fourth-order valence-electron chi connectivity index (χ4n) is 3.22. The molecule has 0 aliphatic carbocycles. The van der Waals surface area contributed by atoms with Crippen LogP contribution in [0.1, 0.15) is 5.56 Å². The highest BCUT2D eigenvalue weighted by atomic mass is 32.2. The maximum atomic E-state index is 12.9. The lowest BCUT2D eigenvalue weighted by Crippen LogP contribution is -2.37. The quantitative estimate of drug-likeness (QED) is 0.373. The van der Waals surface area contributed by atoms with Gasteiger partial charge in [0.1, 0.15) is 10.4 Å². The minimum atomic E-state index is -0.496. The van der Waals surface area contributed by atoms with E-state index in [9.17, 15) is 14.4 Å². The Bertz CT molecular complexity index is 1430. The Hall–Kier alpha value is -3.72. The summed E-state index contributed by atoms with van der Waals surface area (Å²) in [7, 11) is 2.97. The van der Waals surface area contributed by atoms with E-state index in [1.807, 2.05) is 61.5 Å². The number of carbonyl (C=O) groups excluding carboxylic acids is 1. The van der Waals surface area contributed by atoms with Gasteiger partial charge in [-0.1, -0.05) is 59.8 Å². The summed E-state index contributed by atoms with van der Waals surface area (Å²) < 4.78 is 2.34. The number of carbonyl (C=O) groups is 1. The summed E-state index contributed by atoms with van der Waals surface area (Å²) in [6.45, 7) is 1.97. The van der Waals surface area contributed by atoms with Crippen LogP contribution in [0, 0.1) is 6.92 Å². The predicted octanol–water partition coefficient (Wildman–Crippen LogP) is 2.73. The first kappa shape index (κ1) is 21.5. The molecule has 1 N–H and O–H groups in total. The van der Waals surface area contributed by atoms with Gasteiger partial charge in [0, 0.05) is 25.3 Å². The Labute approximate surface area is 188 Å².